The second-order valence-corrected chi connectivity index (χ2v) is 7.06. The van der Waals surface area contributed by atoms with E-state index in [2.05, 4.69) is 18.7 Å². The van der Waals surface area contributed by atoms with Crippen LogP contribution in [0.1, 0.15) is 33.3 Å². The fourth-order valence-electron chi connectivity index (χ4n) is 2.59. The van der Waals surface area contributed by atoms with Crippen molar-refractivity contribution in [3.05, 3.63) is 34.7 Å². The number of esters is 1. The van der Waals surface area contributed by atoms with E-state index in [0.29, 0.717) is 4.91 Å². The zero-order valence-electron chi connectivity index (χ0n) is 15.5. The molecule has 1 aromatic carbocycles. The van der Waals surface area contributed by atoms with E-state index >= 15 is 0 Å². The molecule has 2 rings (SSSR count). The summed E-state index contributed by atoms with van der Waals surface area (Å²) in [6.07, 6.45) is 1.38. The average Bonchev–Trinajstić information content (AvgIpc) is 2.84. The third-order valence-corrected chi connectivity index (χ3v) is 4.75. The van der Waals surface area contributed by atoms with Gasteiger partial charge in [0, 0.05) is 18.8 Å². The van der Waals surface area contributed by atoms with Gasteiger partial charge >= 0.3 is 5.97 Å². The number of ether oxygens (including phenoxy) is 1. The summed E-state index contributed by atoms with van der Waals surface area (Å²) >= 11 is 0.837. The first kappa shape index (κ1) is 20.0. The van der Waals surface area contributed by atoms with Crippen LogP contribution in [0.5, 0.6) is 0 Å². The summed E-state index contributed by atoms with van der Waals surface area (Å²) < 4.78 is 5.00. The van der Waals surface area contributed by atoms with Gasteiger partial charge in [-0.1, -0.05) is 12.1 Å². The SMILES string of the molecule is CCN(CC)c1ccc(/C=C2\SC(=O)N(CC(=O)OC(C)C)C2=O)cc1. The average molecular weight is 376 g/mol. The van der Waals surface area contributed by atoms with Gasteiger partial charge < -0.3 is 9.64 Å². The van der Waals surface area contributed by atoms with Gasteiger partial charge in [-0.05, 0) is 63.2 Å². The minimum absolute atomic E-state index is 0.290. The summed E-state index contributed by atoms with van der Waals surface area (Å²) in [5.74, 6) is -1.05. The highest BCUT2D eigenvalue weighted by molar-refractivity contribution is 8.18. The zero-order valence-corrected chi connectivity index (χ0v) is 16.3. The Morgan fingerprint density at radius 3 is 2.35 bits per heavy atom. The minimum atomic E-state index is -0.591. The monoisotopic (exact) mass is 376 g/mol. The molecule has 1 saturated heterocycles. The van der Waals surface area contributed by atoms with E-state index in [-0.39, 0.29) is 12.6 Å². The molecule has 0 saturated carbocycles. The van der Waals surface area contributed by atoms with E-state index in [1.165, 1.54) is 0 Å². The highest BCUT2D eigenvalue weighted by Gasteiger charge is 2.36. The van der Waals surface area contributed by atoms with E-state index in [4.69, 9.17) is 4.74 Å². The van der Waals surface area contributed by atoms with Crippen LogP contribution < -0.4 is 4.90 Å². The first-order valence-electron chi connectivity index (χ1n) is 8.65. The quantitative estimate of drug-likeness (QED) is 0.536. The Balaban J connectivity index is 2.10. The van der Waals surface area contributed by atoms with Gasteiger partial charge in [-0.3, -0.25) is 19.3 Å². The van der Waals surface area contributed by atoms with Crippen LogP contribution in [0.4, 0.5) is 10.5 Å². The van der Waals surface area contributed by atoms with Crippen molar-refractivity contribution >= 4 is 40.6 Å². The normalized spacial score (nSPS) is 15.9. The molecule has 6 nitrogen and oxygen atoms in total. The Bertz CT molecular complexity index is 709. The number of carbonyl (C=O) groups is 3. The van der Waals surface area contributed by atoms with Crippen LogP contribution in [0, 0.1) is 0 Å². The van der Waals surface area contributed by atoms with Gasteiger partial charge in [0.25, 0.3) is 11.1 Å². The molecule has 2 amide bonds. The number of imide groups is 1. The molecule has 26 heavy (non-hydrogen) atoms. The number of hydrogen-bond donors (Lipinski definition) is 0. The van der Waals surface area contributed by atoms with Crippen molar-refractivity contribution < 1.29 is 19.1 Å². The molecule has 0 unspecified atom stereocenters. The maximum atomic E-state index is 12.4. The molecule has 1 aliphatic heterocycles. The predicted octanol–water partition coefficient (Wildman–Crippen LogP) is 3.52. The Kier molecular flexibility index (Phi) is 6.85. The molecule has 0 N–H and O–H groups in total. The first-order valence-corrected chi connectivity index (χ1v) is 9.47. The van der Waals surface area contributed by atoms with Crippen molar-refractivity contribution in [1.29, 1.82) is 0 Å². The number of carbonyl (C=O) groups excluding carboxylic acids is 3. The molecule has 1 aliphatic rings. The highest BCUT2D eigenvalue weighted by atomic mass is 32.2. The van der Waals surface area contributed by atoms with Crippen LogP contribution in [0.25, 0.3) is 6.08 Å². The number of benzene rings is 1. The summed E-state index contributed by atoms with van der Waals surface area (Å²) in [5, 5.41) is -0.457. The van der Waals surface area contributed by atoms with Gasteiger partial charge in [0.2, 0.25) is 0 Å². The van der Waals surface area contributed by atoms with Gasteiger partial charge in [-0.25, -0.2) is 0 Å². The standard InChI is InChI=1S/C19H24N2O4S/c1-5-20(6-2)15-9-7-14(8-10-15)11-16-18(23)21(19(24)26-16)12-17(22)25-13(3)4/h7-11,13H,5-6,12H2,1-4H3/b16-11-. The Morgan fingerprint density at radius 1 is 1.19 bits per heavy atom. The fraction of sp³-hybridized carbons (Fsp3) is 0.421. The fourth-order valence-corrected chi connectivity index (χ4v) is 3.43. The smallest absolute Gasteiger partial charge is 0.326 e. The number of rotatable bonds is 7. The van der Waals surface area contributed by atoms with Crippen LogP contribution in [0.2, 0.25) is 0 Å². The summed E-state index contributed by atoms with van der Waals surface area (Å²) in [4.78, 5) is 39.6. The molecule has 1 heterocycles. The largest absolute Gasteiger partial charge is 0.462 e. The van der Waals surface area contributed by atoms with Gasteiger partial charge in [0.15, 0.2) is 0 Å². The van der Waals surface area contributed by atoms with Crippen molar-refractivity contribution in [3.8, 4) is 0 Å². The molecular formula is C19H24N2O4S. The van der Waals surface area contributed by atoms with Crippen molar-refractivity contribution in [2.24, 2.45) is 0 Å². The van der Waals surface area contributed by atoms with Crippen LogP contribution >= 0.6 is 11.8 Å². The molecule has 1 aromatic rings. The van der Waals surface area contributed by atoms with Crippen LogP contribution in [0.15, 0.2) is 29.2 Å². The molecule has 1 fully saturated rings. The molecular weight excluding hydrogens is 352 g/mol. The van der Waals surface area contributed by atoms with Crippen LogP contribution in [-0.2, 0) is 14.3 Å². The van der Waals surface area contributed by atoms with Gasteiger partial charge in [0.1, 0.15) is 6.54 Å². The predicted molar refractivity (Wildman–Crippen MR) is 104 cm³/mol. The van der Waals surface area contributed by atoms with Crippen molar-refractivity contribution in [2.75, 3.05) is 24.5 Å². The second kappa shape index (κ2) is 8.89. The summed E-state index contributed by atoms with van der Waals surface area (Å²) in [7, 11) is 0. The number of thioether (sulfide) groups is 1. The van der Waals surface area contributed by atoms with E-state index in [1.807, 2.05) is 24.3 Å². The number of hydrogen-bond acceptors (Lipinski definition) is 6. The molecule has 7 heteroatoms. The van der Waals surface area contributed by atoms with E-state index in [1.54, 1.807) is 19.9 Å². The Hall–Kier alpha value is -2.28. The summed E-state index contributed by atoms with van der Waals surface area (Å²) in [5.41, 5.74) is 1.94. The summed E-state index contributed by atoms with van der Waals surface area (Å²) in [6.45, 7) is 9.10. The first-order chi connectivity index (χ1) is 12.3. The zero-order chi connectivity index (χ0) is 19.3. The maximum Gasteiger partial charge on any atom is 0.326 e. The molecule has 0 aliphatic carbocycles. The van der Waals surface area contributed by atoms with Gasteiger partial charge in [0.05, 0.1) is 11.0 Å². The molecule has 0 spiro atoms. The Morgan fingerprint density at radius 2 is 1.81 bits per heavy atom. The third-order valence-electron chi connectivity index (χ3n) is 3.85. The maximum absolute atomic E-state index is 12.4. The van der Waals surface area contributed by atoms with Crippen LogP contribution in [-0.4, -0.2) is 47.8 Å². The highest BCUT2D eigenvalue weighted by Crippen LogP contribution is 2.32. The van der Waals surface area contributed by atoms with Crippen molar-refractivity contribution in [1.82, 2.24) is 4.90 Å². The lowest BCUT2D eigenvalue weighted by Crippen LogP contribution is -2.35. The van der Waals surface area contributed by atoms with E-state index in [0.717, 1.165) is 41.0 Å². The summed E-state index contributed by atoms with van der Waals surface area (Å²) in [6, 6.07) is 7.80. The number of amides is 2. The van der Waals surface area contributed by atoms with Crippen molar-refractivity contribution in [2.45, 2.75) is 33.8 Å². The Labute approximate surface area is 158 Å². The molecule has 0 aromatic heterocycles. The molecule has 0 radical (unpaired) electrons. The van der Waals surface area contributed by atoms with Gasteiger partial charge in [-0.2, -0.15) is 0 Å². The second-order valence-electron chi connectivity index (χ2n) is 6.07. The molecule has 140 valence electrons. The lowest BCUT2D eigenvalue weighted by Gasteiger charge is -2.20. The van der Waals surface area contributed by atoms with Crippen molar-refractivity contribution in [3.63, 3.8) is 0 Å². The molecule has 0 atom stereocenters. The molecule has 0 bridgehead atoms. The number of nitrogens with zero attached hydrogens (tertiary/aromatic N) is 2. The van der Waals surface area contributed by atoms with E-state index < -0.39 is 17.1 Å². The van der Waals surface area contributed by atoms with E-state index in [9.17, 15) is 14.4 Å². The van der Waals surface area contributed by atoms with Crippen LogP contribution in [0.3, 0.4) is 0 Å². The lowest BCUT2D eigenvalue weighted by molar-refractivity contribution is -0.149. The topological polar surface area (TPSA) is 66.9 Å². The third kappa shape index (κ3) is 4.88. The number of anilines is 1. The minimum Gasteiger partial charge on any atom is -0.462 e. The lowest BCUT2D eigenvalue weighted by atomic mass is 10.1. The van der Waals surface area contributed by atoms with Gasteiger partial charge in [-0.15, -0.1) is 0 Å².